The van der Waals surface area contributed by atoms with E-state index in [2.05, 4.69) is 5.32 Å². The van der Waals surface area contributed by atoms with Gasteiger partial charge in [0.1, 0.15) is 12.3 Å². The molecule has 0 aliphatic rings. The number of aryl methyl sites for hydroxylation is 1. The molecule has 148 valence electrons. The fraction of sp³-hybridized carbons (Fsp3) is 0.130. The van der Waals surface area contributed by atoms with E-state index in [1.165, 1.54) is 4.90 Å². The molecule has 0 saturated heterocycles. The smallest absolute Gasteiger partial charge is 0.258 e. The molecule has 0 aliphatic heterocycles. The number of nitrogens with zero attached hydrogens (tertiary/aromatic N) is 1. The Labute approximate surface area is 174 Å². The molecule has 0 fully saturated rings. The van der Waals surface area contributed by atoms with Crippen LogP contribution in [-0.2, 0) is 4.79 Å². The van der Waals surface area contributed by atoms with Crippen molar-refractivity contribution < 1.29 is 14.3 Å². The Morgan fingerprint density at radius 3 is 2.34 bits per heavy atom. The third-order valence-corrected chi connectivity index (χ3v) is 4.66. The van der Waals surface area contributed by atoms with Crippen LogP contribution in [0.3, 0.4) is 0 Å². The minimum absolute atomic E-state index is 0.138. The quantitative estimate of drug-likeness (QED) is 0.628. The molecule has 0 saturated carbocycles. The van der Waals surface area contributed by atoms with Crippen molar-refractivity contribution in [3.63, 3.8) is 0 Å². The van der Waals surface area contributed by atoms with Crippen molar-refractivity contribution >= 4 is 34.8 Å². The third kappa shape index (κ3) is 5.15. The second kappa shape index (κ2) is 9.26. The number of hydrogen-bond donors (Lipinski definition) is 1. The number of nitrogens with one attached hydrogen (secondary N) is 1. The molecule has 3 rings (SSSR count). The SMILES string of the molecule is COc1ccc(C(=O)N(CC(=O)Nc2cc(Cl)ccc2C)c2ccccc2)cc1. The van der Waals surface area contributed by atoms with E-state index in [0.29, 0.717) is 27.7 Å². The minimum atomic E-state index is -0.318. The first kappa shape index (κ1) is 20.4. The van der Waals surface area contributed by atoms with Crippen molar-refractivity contribution in [1.29, 1.82) is 0 Å². The molecule has 5 nitrogen and oxygen atoms in total. The van der Waals surface area contributed by atoms with Gasteiger partial charge in [0, 0.05) is 22.0 Å². The van der Waals surface area contributed by atoms with E-state index in [0.717, 1.165) is 5.56 Å². The van der Waals surface area contributed by atoms with Crippen LogP contribution in [0.2, 0.25) is 5.02 Å². The summed E-state index contributed by atoms with van der Waals surface area (Å²) < 4.78 is 5.15. The van der Waals surface area contributed by atoms with E-state index in [9.17, 15) is 9.59 Å². The van der Waals surface area contributed by atoms with Crippen molar-refractivity contribution in [3.05, 3.63) is 88.9 Å². The molecular weight excluding hydrogens is 388 g/mol. The average Bonchev–Trinajstić information content (AvgIpc) is 2.75. The highest BCUT2D eigenvalue weighted by Crippen LogP contribution is 2.22. The summed E-state index contributed by atoms with van der Waals surface area (Å²) in [6.07, 6.45) is 0. The topological polar surface area (TPSA) is 58.6 Å². The molecule has 29 heavy (non-hydrogen) atoms. The zero-order valence-corrected chi connectivity index (χ0v) is 16.9. The van der Waals surface area contributed by atoms with Crippen LogP contribution in [0.15, 0.2) is 72.8 Å². The van der Waals surface area contributed by atoms with Gasteiger partial charge in [-0.3, -0.25) is 14.5 Å². The van der Waals surface area contributed by atoms with E-state index in [1.807, 2.05) is 31.2 Å². The highest BCUT2D eigenvalue weighted by Gasteiger charge is 2.21. The summed E-state index contributed by atoms with van der Waals surface area (Å²) in [6.45, 7) is 1.74. The van der Waals surface area contributed by atoms with Gasteiger partial charge in [0.25, 0.3) is 5.91 Å². The van der Waals surface area contributed by atoms with Crippen molar-refractivity contribution in [1.82, 2.24) is 0 Å². The van der Waals surface area contributed by atoms with Crippen LogP contribution in [0, 0.1) is 6.92 Å². The lowest BCUT2D eigenvalue weighted by atomic mass is 10.1. The lowest BCUT2D eigenvalue weighted by Crippen LogP contribution is -2.38. The number of methoxy groups -OCH3 is 1. The number of anilines is 2. The van der Waals surface area contributed by atoms with E-state index >= 15 is 0 Å². The first-order valence-electron chi connectivity index (χ1n) is 9.05. The number of ether oxygens (including phenoxy) is 1. The molecule has 3 aromatic rings. The summed E-state index contributed by atoms with van der Waals surface area (Å²) in [5.74, 6) is 0.0555. The van der Waals surface area contributed by atoms with Crippen LogP contribution in [0.1, 0.15) is 15.9 Å². The van der Waals surface area contributed by atoms with Crippen LogP contribution in [0.25, 0.3) is 0 Å². The Bertz CT molecular complexity index is 1000. The van der Waals surface area contributed by atoms with Gasteiger partial charge in [0.05, 0.1) is 7.11 Å². The van der Waals surface area contributed by atoms with E-state index in [-0.39, 0.29) is 18.4 Å². The molecule has 1 N–H and O–H groups in total. The zero-order valence-electron chi connectivity index (χ0n) is 16.2. The van der Waals surface area contributed by atoms with E-state index in [1.54, 1.807) is 55.6 Å². The molecule has 0 heterocycles. The normalized spacial score (nSPS) is 10.3. The van der Waals surface area contributed by atoms with Gasteiger partial charge in [-0.2, -0.15) is 0 Å². The summed E-state index contributed by atoms with van der Waals surface area (Å²) >= 11 is 6.03. The summed E-state index contributed by atoms with van der Waals surface area (Å²) in [7, 11) is 1.56. The largest absolute Gasteiger partial charge is 0.497 e. The Hall–Kier alpha value is -3.31. The van der Waals surface area contributed by atoms with Gasteiger partial charge >= 0.3 is 0 Å². The van der Waals surface area contributed by atoms with Crippen LogP contribution < -0.4 is 15.0 Å². The van der Waals surface area contributed by atoms with E-state index < -0.39 is 0 Å². The Morgan fingerprint density at radius 1 is 1.00 bits per heavy atom. The highest BCUT2D eigenvalue weighted by molar-refractivity contribution is 6.31. The molecule has 0 bridgehead atoms. The molecule has 0 aliphatic carbocycles. The van der Waals surface area contributed by atoms with Crippen molar-refractivity contribution in [2.24, 2.45) is 0 Å². The first-order valence-corrected chi connectivity index (χ1v) is 9.42. The van der Waals surface area contributed by atoms with Crippen molar-refractivity contribution in [3.8, 4) is 5.75 Å². The Balaban J connectivity index is 1.84. The van der Waals surface area contributed by atoms with Gasteiger partial charge in [0.2, 0.25) is 5.91 Å². The summed E-state index contributed by atoms with van der Waals surface area (Å²) in [5.41, 5.74) is 2.59. The fourth-order valence-corrected chi connectivity index (χ4v) is 3.01. The Kier molecular flexibility index (Phi) is 6.52. The first-order chi connectivity index (χ1) is 14.0. The van der Waals surface area contributed by atoms with Gasteiger partial charge in [0.15, 0.2) is 0 Å². The number of benzene rings is 3. The predicted molar refractivity (Wildman–Crippen MR) is 116 cm³/mol. The van der Waals surface area contributed by atoms with E-state index in [4.69, 9.17) is 16.3 Å². The lowest BCUT2D eigenvalue weighted by molar-refractivity contribution is -0.114. The number of para-hydroxylation sites is 1. The Morgan fingerprint density at radius 2 is 1.69 bits per heavy atom. The maximum atomic E-state index is 13.1. The second-order valence-corrected chi connectivity index (χ2v) is 6.90. The molecule has 0 aromatic heterocycles. The zero-order chi connectivity index (χ0) is 20.8. The van der Waals surface area contributed by atoms with Gasteiger partial charge in [-0.25, -0.2) is 0 Å². The third-order valence-electron chi connectivity index (χ3n) is 4.43. The molecular formula is C23H21ClN2O3. The molecule has 0 atom stereocenters. The van der Waals surface area contributed by atoms with Crippen molar-refractivity contribution in [2.75, 3.05) is 23.9 Å². The molecule has 6 heteroatoms. The lowest BCUT2D eigenvalue weighted by Gasteiger charge is -2.23. The van der Waals surface area contributed by atoms with Gasteiger partial charge in [-0.1, -0.05) is 35.9 Å². The van der Waals surface area contributed by atoms with Crippen LogP contribution in [0.4, 0.5) is 11.4 Å². The minimum Gasteiger partial charge on any atom is -0.497 e. The van der Waals surface area contributed by atoms with Crippen LogP contribution in [0.5, 0.6) is 5.75 Å². The van der Waals surface area contributed by atoms with Crippen LogP contribution >= 0.6 is 11.6 Å². The monoisotopic (exact) mass is 408 g/mol. The molecule has 0 radical (unpaired) electrons. The maximum Gasteiger partial charge on any atom is 0.258 e. The molecule has 0 unspecified atom stereocenters. The van der Waals surface area contributed by atoms with Crippen LogP contribution in [-0.4, -0.2) is 25.5 Å². The van der Waals surface area contributed by atoms with Gasteiger partial charge < -0.3 is 10.1 Å². The number of amides is 2. The highest BCUT2D eigenvalue weighted by atomic mass is 35.5. The summed E-state index contributed by atoms with van der Waals surface area (Å²) in [6, 6.07) is 21.1. The number of halogens is 1. The fourth-order valence-electron chi connectivity index (χ4n) is 2.84. The standard InChI is InChI=1S/C23H21ClN2O3/c1-16-8-11-18(24)14-21(16)25-22(27)15-26(19-6-4-3-5-7-19)23(28)17-9-12-20(29-2)13-10-17/h3-14H,15H2,1-2H3,(H,25,27). The molecule has 0 spiro atoms. The number of carbonyl (C=O) groups is 2. The molecule has 3 aromatic carbocycles. The number of rotatable bonds is 6. The van der Waals surface area contributed by atoms with Crippen molar-refractivity contribution in [2.45, 2.75) is 6.92 Å². The van der Waals surface area contributed by atoms with Gasteiger partial charge in [-0.15, -0.1) is 0 Å². The predicted octanol–water partition coefficient (Wildman–Crippen LogP) is 4.94. The second-order valence-electron chi connectivity index (χ2n) is 6.46. The molecule has 2 amide bonds. The maximum absolute atomic E-state index is 13.1. The number of carbonyl (C=O) groups excluding carboxylic acids is 2. The van der Waals surface area contributed by atoms with Gasteiger partial charge in [-0.05, 0) is 61.0 Å². The summed E-state index contributed by atoms with van der Waals surface area (Å²) in [4.78, 5) is 27.3. The summed E-state index contributed by atoms with van der Waals surface area (Å²) in [5, 5.41) is 3.37. The number of hydrogen-bond acceptors (Lipinski definition) is 3. The average molecular weight is 409 g/mol.